The third-order valence-corrected chi connectivity index (χ3v) is 25.1. The third kappa shape index (κ3) is 12.9. The maximum atomic E-state index is 2.39. The van der Waals surface area contributed by atoms with Crippen LogP contribution in [0.25, 0.3) is 110 Å². The van der Waals surface area contributed by atoms with Crippen LogP contribution in [0, 0.1) is 0 Å². The first-order valence-electron chi connectivity index (χ1n) is 41.3. The van der Waals surface area contributed by atoms with Crippen LogP contribution in [-0.4, -0.2) is 0 Å². The van der Waals surface area contributed by atoms with Gasteiger partial charge in [-0.1, -0.05) is 357 Å². The van der Waals surface area contributed by atoms with Crippen molar-refractivity contribution < 1.29 is 0 Å². The van der Waals surface area contributed by atoms with Crippen molar-refractivity contribution in [2.45, 2.75) is 57.8 Å². The van der Waals surface area contributed by atoms with Crippen LogP contribution in [0.2, 0.25) is 0 Å². The van der Waals surface area contributed by atoms with Crippen molar-refractivity contribution in [3.63, 3.8) is 0 Å². The Labute approximate surface area is 693 Å². The van der Waals surface area contributed by atoms with Crippen molar-refractivity contribution in [3.8, 4) is 66.8 Å². The molecule has 3 heteroatoms. The van der Waals surface area contributed by atoms with Crippen LogP contribution in [0.1, 0.15) is 74.9 Å². The van der Waals surface area contributed by atoms with E-state index < -0.39 is 0 Å². The molecule has 19 aromatic carbocycles. The first-order chi connectivity index (χ1) is 57.8. The lowest BCUT2D eigenvalue weighted by Gasteiger charge is -2.27. The van der Waals surface area contributed by atoms with Crippen LogP contribution in [0.3, 0.4) is 0 Å². The summed E-state index contributed by atoms with van der Waals surface area (Å²) in [7, 11) is 0. The molecule has 0 N–H and O–H groups in total. The standard InChI is InChI=1S/C43H33N.C41H31N.C31H25N/c1-43(2)40-16-10-9-15-38(40)42-39-29-37(27-21-34(39)22-28-41(42)43)44(35-23-17-32(18-24-35)30-11-5-3-6-12-30)36-25-19-33(20-26-36)31-13-7-4-8-14-31;1-41(2)38-15-9-8-14-36(38)40-37-27-35(24-20-30(37)21-25-39(40)41)42(33-12-4-3-5-13-33)34-22-18-29(19-23-34)32-17-16-28-10-6-7-11-31(28)26-32;1-31(2)28-16-10-9-15-26(28)30-27-21-25(19-17-22(27)18-20-29(30)31)32(23-11-5-3-6-12-23)24-13-7-4-8-14-24/h3-29H,1-2H3;3-27H,1-2H3;3-21H,1-2H3. The largest absolute Gasteiger partial charge is 0.310 e. The van der Waals surface area contributed by atoms with Crippen molar-refractivity contribution in [2.75, 3.05) is 14.7 Å². The van der Waals surface area contributed by atoms with Gasteiger partial charge in [0.15, 0.2) is 0 Å². The molecule has 0 atom stereocenters. The predicted octanol–water partition coefficient (Wildman–Crippen LogP) is 32.0. The molecule has 0 aliphatic heterocycles. The highest BCUT2D eigenvalue weighted by molar-refractivity contribution is 6.08. The Morgan fingerprint density at radius 1 is 0.153 bits per heavy atom. The van der Waals surface area contributed by atoms with Crippen LogP contribution < -0.4 is 14.7 Å². The van der Waals surface area contributed by atoms with E-state index >= 15 is 0 Å². The highest BCUT2D eigenvalue weighted by Gasteiger charge is 2.39. The number of fused-ring (bicyclic) bond motifs is 16. The normalized spacial score (nSPS) is 13.2. The zero-order valence-corrected chi connectivity index (χ0v) is 67.3. The molecule has 564 valence electrons. The number of hydrogen-bond acceptors (Lipinski definition) is 3. The topological polar surface area (TPSA) is 9.72 Å². The average Bonchev–Trinajstić information content (AvgIpc) is 1.57. The van der Waals surface area contributed by atoms with Crippen LogP contribution in [0.15, 0.2) is 431 Å². The molecule has 3 aliphatic carbocycles. The monoisotopic (exact) mass is 1510 g/mol. The van der Waals surface area contributed by atoms with Gasteiger partial charge in [0, 0.05) is 67.4 Å². The molecule has 3 aliphatic rings. The molecule has 0 unspecified atom stereocenters. The summed E-state index contributed by atoms with van der Waals surface area (Å²) in [5.74, 6) is 0. The van der Waals surface area contributed by atoms with E-state index in [9.17, 15) is 0 Å². The molecule has 0 radical (unpaired) electrons. The minimum Gasteiger partial charge on any atom is -0.310 e. The van der Waals surface area contributed by atoms with Crippen LogP contribution in [0.4, 0.5) is 51.2 Å². The first kappa shape index (κ1) is 72.6. The fraction of sp³-hybridized carbons (Fsp3) is 0.0783. The van der Waals surface area contributed by atoms with Crippen molar-refractivity contribution in [1.29, 1.82) is 0 Å². The fourth-order valence-electron chi connectivity index (χ4n) is 19.1. The summed E-state index contributed by atoms with van der Waals surface area (Å²) in [4.78, 5) is 7.09. The van der Waals surface area contributed by atoms with E-state index in [0.29, 0.717) is 0 Å². The second-order valence-electron chi connectivity index (χ2n) is 33.1. The average molecular weight is 1510 g/mol. The van der Waals surface area contributed by atoms with Gasteiger partial charge >= 0.3 is 0 Å². The Balaban J connectivity index is 0.000000115. The molecule has 0 spiro atoms. The first-order valence-corrected chi connectivity index (χ1v) is 41.3. The van der Waals surface area contributed by atoms with Crippen LogP contribution in [0.5, 0.6) is 0 Å². The van der Waals surface area contributed by atoms with E-state index in [-0.39, 0.29) is 16.2 Å². The molecule has 3 nitrogen and oxygen atoms in total. The minimum absolute atomic E-state index is 0.00860. The highest BCUT2D eigenvalue weighted by atomic mass is 15.2. The minimum atomic E-state index is -0.0314. The van der Waals surface area contributed by atoms with E-state index in [4.69, 9.17) is 0 Å². The van der Waals surface area contributed by atoms with Gasteiger partial charge in [-0.05, 0) is 258 Å². The molecule has 0 saturated carbocycles. The number of anilines is 9. The van der Waals surface area contributed by atoms with E-state index in [2.05, 4.69) is 487 Å². The second kappa shape index (κ2) is 29.8. The summed E-state index contributed by atoms with van der Waals surface area (Å²) < 4.78 is 0. The van der Waals surface area contributed by atoms with Crippen molar-refractivity contribution in [2.24, 2.45) is 0 Å². The van der Waals surface area contributed by atoms with Gasteiger partial charge in [0.25, 0.3) is 0 Å². The summed E-state index contributed by atoms with van der Waals surface area (Å²) in [5.41, 5.74) is 34.2. The summed E-state index contributed by atoms with van der Waals surface area (Å²) in [6.45, 7) is 14.1. The molecule has 19 aromatic rings. The molecule has 22 rings (SSSR count). The SMILES string of the molecule is CC1(C)c2ccccc2-c2c1ccc1ccc(N(c3ccc(-c4ccccc4)cc3)c3ccc(-c4ccccc4)cc3)cc21.CC1(C)c2ccccc2-c2c1ccc1ccc(N(c3ccccc3)c3ccc(-c4ccc5ccccc5c4)cc3)cc21.CC1(C)c2ccccc2-c2c1ccc1ccc(N(c3ccccc3)c3ccccc3)cc21. The lowest BCUT2D eigenvalue weighted by molar-refractivity contribution is 0.660. The van der Waals surface area contributed by atoms with Gasteiger partial charge in [-0.2, -0.15) is 0 Å². The number of para-hydroxylation sites is 3. The Kier molecular flexibility index (Phi) is 18.3. The zero-order valence-electron chi connectivity index (χ0n) is 67.3. The van der Waals surface area contributed by atoms with Crippen LogP contribution >= 0.6 is 0 Å². The Hall–Kier alpha value is -14.4. The van der Waals surface area contributed by atoms with Gasteiger partial charge in [0.1, 0.15) is 0 Å². The number of rotatable bonds is 12. The van der Waals surface area contributed by atoms with Crippen molar-refractivity contribution in [3.05, 3.63) is 464 Å². The van der Waals surface area contributed by atoms with E-state index in [1.54, 1.807) is 0 Å². The van der Waals surface area contributed by atoms with Gasteiger partial charge in [-0.15, -0.1) is 0 Å². The molecule has 0 aromatic heterocycles. The van der Waals surface area contributed by atoms with Crippen LogP contribution in [-0.2, 0) is 16.2 Å². The fourth-order valence-corrected chi connectivity index (χ4v) is 19.1. The Bertz CT molecular complexity index is 6850. The highest BCUT2D eigenvalue weighted by Crippen LogP contribution is 2.56. The third-order valence-electron chi connectivity index (χ3n) is 25.1. The number of benzene rings is 19. The second-order valence-corrected chi connectivity index (χ2v) is 33.1. The van der Waals surface area contributed by atoms with Gasteiger partial charge < -0.3 is 14.7 Å². The van der Waals surface area contributed by atoms with Gasteiger partial charge in [0.05, 0.1) is 0 Å². The molecule has 118 heavy (non-hydrogen) atoms. The zero-order chi connectivity index (χ0) is 79.6. The molecule has 0 heterocycles. The predicted molar refractivity (Wildman–Crippen MR) is 502 cm³/mol. The Morgan fingerprint density at radius 2 is 0.381 bits per heavy atom. The van der Waals surface area contributed by atoms with E-state index in [1.807, 2.05) is 0 Å². The van der Waals surface area contributed by atoms with E-state index in [1.165, 1.54) is 149 Å². The molecule has 0 saturated heterocycles. The molecule has 0 bridgehead atoms. The quantitative estimate of drug-likeness (QED) is 0.121. The maximum Gasteiger partial charge on any atom is 0.0468 e. The van der Waals surface area contributed by atoms with Crippen molar-refractivity contribution in [1.82, 2.24) is 0 Å². The number of hydrogen-bond donors (Lipinski definition) is 0. The lowest BCUT2D eigenvalue weighted by Crippen LogP contribution is -2.14. The molecular weight excluding hydrogens is 1420 g/mol. The van der Waals surface area contributed by atoms with Gasteiger partial charge in [-0.3, -0.25) is 0 Å². The van der Waals surface area contributed by atoms with Gasteiger partial charge in [-0.25, -0.2) is 0 Å². The smallest absolute Gasteiger partial charge is 0.0468 e. The van der Waals surface area contributed by atoms with Crippen molar-refractivity contribution >= 4 is 94.3 Å². The number of nitrogens with zero attached hydrogens (tertiary/aromatic N) is 3. The maximum absolute atomic E-state index is 2.39. The summed E-state index contributed by atoms with van der Waals surface area (Å²) in [6.07, 6.45) is 0. The molecular formula is C115H89N3. The Morgan fingerprint density at radius 3 is 0.712 bits per heavy atom. The molecule has 0 amide bonds. The van der Waals surface area contributed by atoms with E-state index in [0.717, 1.165) is 45.5 Å². The summed E-state index contributed by atoms with van der Waals surface area (Å²) in [6, 6.07) is 156. The summed E-state index contributed by atoms with van der Waals surface area (Å²) in [5, 5.41) is 10.3. The summed E-state index contributed by atoms with van der Waals surface area (Å²) >= 11 is 0. The molecule has 0 fully saturated rings. The lowest BCUT2D eigenvalue weighted by atomic mass is 9.82. The van der Waals surface area contributed by atoms with Gasteiger partial charge in [0.2, 0.25) is 0 Å².